The topological polar surface area (TPSA) is 101 Å². The van der Waals surface area contributed by atoms with Gasteiger partial charge >= 0.3 is 5.97 Å². The van der Waals surface area contributed by atoms with Crippen LogP contribution in [-0.4, -0.2) is 25.3 Å². The molecule has 0 radical (unpaired) electrons. The van der Waals surface area contributed by atoms with Crippen LogP contribution in [0.2, 0.25) is 0 Å². The first-order valence-electron chi connectivity index (χ1n) is 5.88. The first-order chi connectivity index (χ1) is 10.2. The van der Waals surface area contributed by atoms with E-state index in [4.69, 9.17) is 5.11 Å². The number of thiophene rings is 1. The van der Waals surface area contributed by atoms with Gasteiger partial charge in [-0.1, -0.05) is 12.1 Å². The Morgan fingerprint density at radius 3 is 2.45 bits per heavy atom. The number of carbonyl (C=O) groups excluding carboxylic acids is 1. The number of anilines is 1. The van der Waals surface area contributed by atoms with Gasteiger partial charge in [-0.15, -0.1) is 11.3 Å². The van der Waals surface area contributed by atoms with E-state index >= 15 is 0 Å². The third kappa shape index (κ3) is 3.37. The van der Waals surface area contributed by atoms with Crippen LogP contribution in [0.25, 0.3) is 0 Å². The highest BCUT2D eigenvalue weighted by Crippen LogP contribution is 2.33. The molecule has 2 aromatic rings. The zero-order valence-electron chi connectivity index (χ0n) is 11.2. The lowest BCUT2D eigenvalue weighted by Crippen LogP contribution is -2.15. The quantitative estimate of drug-likeness (QED) is 0.746. The van der Waals surface area contributed by atoms with E-state index < -0.39 is 16.0 Å². The summed E-state index contributed by atoms with van der Waals surface area (Å²) in [5.74, 6) is -1.50. The van der Waals surface area contributed by atoms with Crippen molar-refractivity contribution in [1.29, 1.82) is 0 Å². The van der Waals surface area contributed by atoms with Crippen molar-refractivity contribution in [3.63, 3.8) is 0 Å². The predicted molar refractivity (Wildman–Crippen MR) is 86.2 cm³/mol. The fourth-order valence-electron chi connectivity index (χ4n) is 1.72. The summed E-state index contributed by atoms with van der Waals surface area (Å²) in [4.78, 5) is 22.2. The molecule has 1 heterocycles. The molecule has 0 spiro atoms. The van der Waals surface area contributed by atoms with Crippen molar-refractivity contribution in [1.82, 2.24) is 0 Å². The number of aromatic carboxylic acids is 1. The van der Waals surface area contributed by atoms with Crippen LogP contribution in [0.15, 0.2) is 39.0 Å². The average molecular weight is 404 g/mol. The van der Waals surface area contributed by atoms with Crippen LogP contribution in [0.3, 0.4) is 0 Å². The number of rotatable bonds is 5. The number of halogens is 1. The number of nitrogens with one attached hydrogen (secondary N) is 1. The van der Waals surface area contributed by atoms with Gasteiger partial charge in [-0.25, -0.2) is 13.2 Å². The number of hydrogen-bond acceptors (Lipinski definition) is 5. The Morgan fingerprint density at radius 1 is 1.27 bits per heavy atom. The van der Waals surface area contributed by atoms with Crippen LogP contribution < -0.4 is 4.72 Å². The van der Waals surface area contributed by atoms with E-state index in [1.54, 1.807) is 12.1 Å². The van der Waals surface area contributed by atoms with E-state index in [2.05, 4.69) is 20.7 Å². The van der Waals surface area contributed by atoms with E-state index in [-0.39, 0.29) is 30.6 Å². The van der Waals surface area contributed by atoms with Gasteiger partial charge in [0.15, 0.2) is 5.78 Å². The number of benzene rings is 1. The molecule has 0 aliphatic rings. The highest BCUT2D eigenvalue weighted by molar-refractivity contribution is 9.11. The smallest absolute Gasteiger partial charge is 0.345 e. The van der Waals surface area contributed by atoms with E-state index in [9.17, 15) is 18.0 Å². The summed E-state index contributed by atoms with van der Waals surface area (Å²) in [6, 6.07) is 7.25. The van der Waals surface area contributed by atoms with Crippen LogP contribution in [0.1, 0.15) is 27.0 Å². The summed E-state index contributed by atoms with van der Waals surface area (Å²) in [6.45, 7) is 1.33. The molecule has 0 amide bonds. The second kappa shape index (κ2) is 6.19. The zero-order chi connectivity index (χ0) is 16.5. The Morgan fingerprint density at radius 2 is 1.91 bits per heavy atom. The molecular weight excluding hydrogens is 394 g/mol. The molecule has 2 N–H and O–H groups in total. The summed E-state index contributed by atoms with van der Waals surface area (Å²) in [6.07, 6.45) is 0. The number of Topliss-reactive ketones (excluding diaryl/α,β-unsaturated/α-hetero) is 1. The molecule has 6 nitrogen and oxygen atoms in total. The van der Waals surface area contributed by atoms with E-state index in [0.29, 0.717) is 0 Å². The van der Waals surface area contributed by atoms with Gasteiger partial charge < -0.3 is 5.11 Å². The largest absolute Gasteiger partial charge is 0.477 e. The Labute approximate surface area is 139 Å². The molecule has 9 heteroatoms. The molecule has 0 saturated carbocycles. The minimum absolute atomic E-state index is 0.105. The van der Waals surface area contributed by atoms with Crippen molar-refractivity contribution in [2.24, 2.45) is 0 Å². The lowest BCUT2D eigenvalue weighted by molar-refractivity contribution is 0.0701. The molecule has 1 aromatic heterocycles. The van der Waals surface area contributed by atoms with Crippen LogP contribution in [0.5, 0.6) is 0 Å². The Hall–Kier alpha value is -1.71. The molecule has 0 aliphatic carbocycles. The Bertz CT molecular complexity index is 857. The summed E-state index contributed by atoms with van der Waals surface area (Å²) < 4.78 is 27.3. The highest BCUT2D eigenvalue weighted by atomic mass is 79.9. The van der Waals surface area contributed by atoms with Gasteiger partial charge in [0.05, 0.1) is 9.47 Å². The van der Waals surface area contributed by atoms with Crippen LogP contribution in [0.4, 0.5) is 5.69 Å². The molecule has 0 fully saturated rings. The minimum Gasteiger partial charge on any atom is -0.477 e. The van der Waals surface area contributed by atoms with Gasteiger partial charge in [-0.05, 0) is 41.1 Å². The molecule has 0 bridgehead atoms. The standard InChI is InChI=1S/C13H10BrNO5S2/c1-7(16)8-4-2-3-5-9(8)15-22(19,20)11-6-10(13(17)18)21-12(11)14/h2-6,15H,1H3,(H,17,18). The zero-order valence-corrected chi connectivity index (χ0v) is 14.4. The molecule has 0 saturated heterocycles. The average Bonchev–Trinajstić information content (AvgIpc) is 2.82. The second-order valence-corrected chi connectivity index (χ2v) is 8.28. The number of para-hydroxylation sites is 1. The van der Waals surface area contributed by atoms with Gasteiger partial charge in [0.25, 0.3) is 10.0 Å². The maximum atomic E-state index is 12.4. The minimum atomic E-state index is -4.01. The number of carboxylic acid groups (broad SMARTS) is 1. The number of hydrogen-bond donors (Lipinski definition) is 2. The normalized spacial score (nSPS) is 11.2. The molecule has 0 unspecified atom stereocenters. The van der Waals surface area contributed by atoms with Crippen LogP contribution in [0, 0.1) is 0 Å². The molecule has 0 atom stereocenters. The monoisotopic (exact) mass is 403 g/mol. The molecule has 22 heavy (non-hydrogen) atoms. The van der Waals surface area contributed by atoms with E-state index in [0.717, 1.165) is 17.4 Å². The lowest BCUT2D eigenvalue weighted by atomic mass is 10.1. The summed E-state index contributed by atoms with van der Waals surface area (Å²) in [5.41, 5.74) is 0.376. The Kier molecular flexibility index (Phi) is 4.69. The van der Waals surface area contributed by atoms with Crippen molar-refractivity contribution in [3.05, 3.63) is 44.6 Å². The van der Waals surface area contributed by atoms with Crippen molar-refractivity contribution < 1.29 is 23.1 Å². The van der Waals surface area contributed by atoms with Crippen LogP contribution >= 0.6 is 27.3 Å². The van der Waals surface area contributed by atoms with Gasteiger partial charge in [0.2, 0.25) is 0 Å². The number of carbonyl (C=O) groups is 2. The third-order valence-corrected chi connectivity index (χ3v) is 6.31. The van der Waals surface area contributed by atoms with Gasteiger partial charge in [0, 0.05) is 5.56 Å². The second-order valence-electron chi connectivity index (χ2n) is 4.26. The molecule has 0 aliphatic heterocycles. The van der Waals surface area contributed by atoms with Crippen molar-refractivity contribution in [2.75, 3.05) is 4.72 Å². The van der Waals surface area contributed by atoms with Crippen molar-refractivity contribution >= 4 is 54.7 Å². The fraction of sp³-hybridized carbons (Fsp3) is 0.0769. The number of sulfonamides is 1. The molecule has 2 rings (SSSR count). The molecule has 116 valence electrons. The lowest BCUT2D eigenvalue weighted by Gasteiger charge is -2.10. The first kappa shape index (κ1) is 16.7. The SMILES string of the molecule is CC(=O)c1ccccc1NS(=O)(=O)c1cc(C(=O)O)sc1Br. The fourth-order valence-corrected chi connectivity index (χ4v) is 5.20. The van der Waals surface area contributed by atoms with Crippen molar-refractivity contribution in [2.45, 2.75) is 11.8 Å². The maximum absolute atomic E-state index is 12.4. The number of ketones is 1. The number of carboxylic acids is 1. The summed E-state index contributed by atoms with van der Waals surface area (Å²) >= 11 is 3.85. The first-order valence-corrected chi connectivity index (χ1v) is 8.97. The van der Waals surface area contributed by atoms with E-state index in [1.807, 2.05) is 0 Å². The van der Waals surface area contributed by atoms with Crippen molar-refractivity contribution in [3.8, 4) is 0 Å². The molecular formula is C13H10BrNO5S2. The van der Waals surface area contributed by atoms with Gasteiger partial charge in [-0.2, -0.15) is 0 Å². The van der Waals surface area contributed by atoms with Gasteiger partial charge in [0.1, 0.15) is 9.77 Å². The summed E-state index contributed by atoms with van der Waals surface area (Å²) in [5, 5.41) is 8.92. The third-order valence-electron chi connectivity index (χ3n) is 2.71. The highest BCUT2D eigenvalue weighted by Gasteiger charge is 2.24. The predicted octanol–water partition coefficient (Wildman–Crippen LogP) is 3.21. The summed E-state index contributed by atoms with van der Waals surface area (Å²) in [7, 11) is -4.01. The maximum Gasteiger partial charge on any atom is 0.345 e. The van der Waals surface area contributed by atoms with E-state index in [1.165, 1.54) is 19.1 Å². The molecule has 1 aromatic carbocycles. The van der Waals surface area contributed by atoms with Gasteiger partial charge in [-0.3, -0.25) is 9.52 Å². The van der Waals surface area contributed by atoms with Crippen LogP contribution in [-0.2, 0) is 10.0 Å². The Balaban J connectivity index is 2.45.